The van der Waals surface area contributed by atoms with E-state index in [0.717, 1.165) is 24.1 Å². The molecule has 2 aliphatic rings. The Labute approximate surface area is 125 Å². The highest BCUT2D eigenvalue weighted by Crippen LogP contribution is 2.65. The van der Waals surface area contributed by atoms with Crippen molar-refractivity contribution in [2.45, 2.75) is 51.1 Å². The van der Waals surface area contributed by atoms with Crippen molar-refractivity contribution in [2.75, 3.05) is 0 Å². The van der Waals surface area contributed by atoms with E-state index in [-0.39, 0.29) is 0 Å². The number of oxazole rings is 1. The molecule has 3 heteroatoms. The van der Waals surface area contributed by atoms with Crippen LogP contribution < -0.4 is 5.32 Å². The molecule has 0 amide bonds. The quantitative estimate of drug-likeness (QED) is 0.931. The van der Waals surface area contributed by atoms with Gasteiger partial charge in [0, 0.05) is 12.0 Å². The summed E-state index contributed by atoms with van der Waals surface area (Å²) < 4.78 is 5.99. The smallest absolute Gasteiger partial charge is 0.208 e. The van der Waals surface area contributed by atoms with Gasteiger partial charge in [-0.05, 0) is 35.8 Å². The van der Waals surface area contributed by atoms with Crippen LogP contribution in [0.4, 0.5) is 0 Å². The molecule has 1 heterocycles. The van der Waals surface area contributed by atoms with E-state index in [1.165, 1.54) is 24.0 Å². The Hall–Kier alpha value is -1.61. The van der Waals surface area contributed by atoms with Crippen LogP contribution in [0.5, 0.6) is 0 Å². The molecule has 4 rings (SSSR count). The van der Waals surface area contributed by atoms with Crippen molar-refractivity contribution < 1.29 is 4.42 Å². The minimum absolute atomic E-state index is 0.454. The zero-order valence-electron chi connectivity index (χ0n) is 12.7. The molecule has 3 unspecified atom stereocenters. The summed E-state index contributed by atoms with van der Waals surface area (Å²) in [5.41, 5.74) is 3.07. The molecule has 2 aliphatic carbocycles. The Morgan fingerprint density at radius 2 is 2.14 bits per heavy atom. The zero-order chi connectivity index (χ0) is 14.4. The van der Waals surface area contributed by atoms with Gasteiger partial charge in [0.05, 0.1) is 12.7 Å². The number of rotatable bonds is 4. The molecule has 0 saturated heterocycles. The van der Waals surface area contributed by atoms with Crippen LogP contribution in [0.1, 0.15) is 54.9 Å². The Morgan fingerprint density at radius 1 is 1.29 bits per heavy atom. The molecule has 2 aromatic rings. The normalized spacial score (nSPS) is 26.5. The Bertz CT molecular complexity index is 646. The van der Waals surface area contributed by atoms with E-state index in [2.05, 4.69) is 48.4 Å². The number of benzene rings is 1. The Balaban J connectivity index is 1.52. The maximum absolute atomic E-state index is 5.99. The monoisotopic (exact) mass is 282 g/mol. The maximum atomic E-state index is 5.99. The molecule has 110 valence electrons. The lowest BCUT2D eigenvalue weighted by atomic mass is 9.92. The first-order chi connectivity index (χ1) is 10.2. The molecule has 0 spiro atoms. The second-order valence-electron chi connectivity index (χ2n) is 6.64. The lowest BCUT2D eigenvalue weighted by Gasteiger charge is -2.13. The van der Waals surface area contributed by atoms with Crippen molar-refractivity contribution in [1.29, 1.82) is 0 Å². The molecule has 3 nitrogen and oxygen atoms in total. The minimum atomic E-state index is 0.454. The number of nitrogens with one attached hydrogen (secondary N) is 1. The molecule has 1 fully saturated rings. The topological polar surface area (TPSA) is 38.1 Å². The summed E-state index contributed by atoms with van der Waals surface area (Å²) in [5.74, 6) is 3.87. The van der Waals surface area contributed by atoms with Crippen molar-refractivity contribution in [3.63, 3.8) is 0 Å². The number of aromatic nitrogens is 1. The predicted octanol–water partition coefficient (Wildman–Crippen LogP) is 3.62. The largest absolute Gasteiger partial charge is 0.444 e. The fourth-order valence-corrected chi connectivity index (χ4v) is 3.81. The highest BCUT2D eigenvalue weighted by molar-refractivity contribution is 5.43. The third-order valence-electron chi connectivity index (χ3n) is 4.89. The molecule has 1 aromatic carbocycles. The molecular formula is C18H22N2O. The van der Waals surface area contributed by atoms with Gasteiger partial charge in [0.15, 0.2) is 0 Å². The Kier molecular flexibility index (Phi) is 3.11. The van der Waals surface area contributed by atoms with Gasteiger partial charge in [-0.15, -0.1) is 0 Å². The van der Waals surface area contributed by atoms with E-state index in [0.29, 0.717) is 17.9 Å². The SMILES string of the molecule is CC(C)NCc1ncc(C2C3CCc4ccccc4C32)o1. The first kappa shape index (κ1) is 13.1. The van der Waals surface area contributed by atoms with Crippen LogP contribution in [0, 0.1) is 5.92 Å². The first-order valence-corrected chi connectivity index (χ1v) is 8.00. The van der Waals surface area contributed by atoms with Crippen LogP contribution >= 0.6 is 0 Å². The summed E-state index contributed by atoms with van der Waals surface area (Å²) >= 11 is 0. The summed E-state index contributed by atoms with van der Waals surface area (Å²) in [6.07, 6.45) is 4.44. The average molecular weight is 282 g/mol. The number of aryl methyl sites for hydroxylation is 1. The van der Waals surface area contributed by atoms with Gasteiger partial charge in [0.1, 0.15) is 5.76 Å². The van der Waals surface area contributed by atoms with Crippen molar-refractivity contribution >= 4 is 0 Å². The van der Waals surface area contributed by atoms with Gasteiger partial charge in [-0.25, -0.2) is 4.98 Å². The Morgan fingerprint density at radius 3 is 3.00 bits per heavy atom. The van der Waals surface area contributed by atoms with Gasteiger partial charge >= 0.3 is 0 Å². The van der Waals surface area contributed by atoms with Crippen molar-refractivity contribution in [3.8, 4) is 0 Å². The van der Waals surface area contributed by atoms with Gasteiger partial charge in [0.2, 0.25) is 5.89 Å². The molecule has 0 aliphatic heterocycles. The third kappa shape index (κ3) is 2.30. The average Bonchev–Trinajstić information content (AvgIpc) is 3.06. The van der Waals surface area contributed by atoms with Crippen molar-refractivity contribution in [2.24, 2.45) is 5.92 Å². The van der Waals surface area contributed by atoms with Crippen LogP contribution in [0.3, 0.4) is 0 Å². The lowest BCUT2D eigenvalue weighted by Crippen LogP contribution is -2.21. The summed E-state index contributed by atoms with van der Waals surface area (Å²) in [6.45, 7) is 4.99. The summed E-state index contributed by atoms with van der Waals surface area (Å²) in [6, 6.07) is 9.34. The molecule has 0 bridgehead atoms. The summed E-state index contributed by atoms with van der Waals surface area (Å²) in [4.78, 5) is 4.43. The van der Waals surface area contributed by atoms with Gasteiger partial charge < -0.3 is 9.73 Å². The van der Waals surface area contributed by atoms with E-state index in [4.69, 9.17) is 4.42 Å². The van der Waals surface area contributed by atoms with Crippen molar-refractivity contribution in [3.05, 3.63) is 53.2 Å². The van der Waals surface area contributed by atoms with Gasteiger partial charge in [-0.3, -0.25) is 0 Å². The van der Waals surface area contributed by atoms with Crippen LogP contribution in [0.2, 0.25) is 0 Å². The number of fused-ring (bicyclic) bond motifs is 3. The van der Waals surface area contributed by atoms with E-state index < -0.39 is 0 Å². The highest BCUT2D eigenvalue weighted by Gasteiger charge is 2.55. The van der Waals surface area contributed by atoms with E-state index in [9.17, 15) is 0 Å². The van der Waals surface area contributed by atoms with Gasteiger partial charge in [-0.2, -0.15) is 0 Å². The van der Waals surface area contributed by atoms with Crippen LogP contribution in [-0.2, 0) is 13.0 Å². The number of nitrogens with zero attached hydrogens (tertiary/aromatic N) is 1. The minimum Gasteiger partial charge on any atom is -0.444 e. The van der Waals surface area contributed by atoms with Crippen LogP contribution in [-0.4, -0.2) is 11.0 Å². The van der Waals surface area contributed by atoms with Gasteiger partial charge in [-0.1, -0.05) is 38.1 Å². The van der Waals surface area contributed by atoms with Crippen molar-refractivity contribution in [1.82, 2.24) is 10.3 Å². The molecule has 3 atom stereocenters. The van der Waals surface area contributed by atoms with E-state index in [1.807, 2.05) is 6.20 Å². The van der Waals surface area contributed by atoms with Gasteiger partial charge in [0.25, 0.3) is 0 Å². The number of hydrogen-bond acceptors (Lipinski definition) is 3. The molecular weight excluding hydrogens is 260 g/mol. The molecule has 0 radical (unpaired) electrons. The second kappa shape index (κ2) is 4.99. The zero-order valence-corrected chi connectivity index (χ0v) is 12.7. The highest BCUT2D eigenvalue weighted by atomic mass is 16.4. The van der Waals surface area contributed by atoms with Crippen LogP contribution in [0.15, 0.2) is 34.9 Å². The molecule has 1 N–H and O–H groups in total. The molecule has 21 heavy (non-hydrogen) atoms. The maximum Gasteiger partial charge on any atom is 0.208 e. The fourth-order valence-electron chi connectivity index (χ4n) is 3.81. The first-order valence-electron chi connectivity index (χ1n) is 8.00. The van der Waals surface area contributed by atoms with Crippen LogP contribution in [0.25, 0.3) is 0 Å². The fraction of sp³-hybridized carbons (Fsp3) is 0.500. The standard InChI is InChI=1S/C18H22N2O/c1-11(2)19-10-16-20-9-15(21-16)18-14-8-7-12-5-3-4-6-13(12)17(14)18/h3-6,9,11,14,17-19H,7-8,10H2,1-2H3. The third-order valence-corrected chi connectivity index (χ3v) is 4.89. The van der Waals surface area contributed by atoms with E-state index in [1.54, 1.807) is 0 Å². The molecule has 1 aromatic heterocycles. The second-order valence-corrected chi connectivity index (χ2v) is 6.64. The molecule has 1 saturated carbocycles. The van der Waals surface area contributed by atoms with E-state index >= 15 is 0 Å². The summed E-state index contributed by atoms with van der Waals surface area (Å²) in [7, 11) is 0. The lowest BCUT2D eigenvalue weighted by molar-refractivity contribution is 0.420. The predicted molar refractivity (Wildman–Crippen MR) is 82.2 cm³/mol. The summed E-state index contributed by atoms with van der Waals surface area (Å²) in [5, 5.41) is 3.36. The number of hydrogen-bond donors (Lipinski definition) is 1.